The van der Waals surface area contributed by atoms with Gasteiger partial charge in [0.1, 0.15) is 11.7 Å². The number of fused-ring (bicyclic) bond motifs is 1. The lowest BCUT2D eigenvalue weighted by Gasteiger charge is -2.19. The van der Waals surface area contributed by atoms with Crippen molar-refractivity contribution >= 4 is 38.6 Å². The van der Waals surface area contributed by atoms with Crippen LogP contribution in [0.25, 0.3) is 10.9 Å². The summed E-state index contributed by atoms with van der Waals surface area (Å²) in [5.74, 6) is -0.436. The van der Waals surface area contributed by atoms with Crippen molar-refractivity contribution in [1.82, 2.24) is 26.7 Å². The van der Waals surface area contributed by atoms with Crippen LogP contribution in [0.15, 0.2) is 36.4 Å². The van der Waals surface area contributed by atoms with Gasteiger partial charge in [-0.25, -0.2) is 10.4 Å². The largest absolute Gasteiger partial charge is 0.288 e. The topological polar surface area (TPSA) is 95.1 Å². The minimum Gasteiger partial charge on any atom is -0.271 e. The second-order valence-electron chi connectivity index (χ2n) is 6.31. The number of hydrazine groups is 2. The van der Waals surface area contributed by atoms with Crippen LogP contribution < -0.4 is 21.7 Å². The first-order valence-corrected chi connectivity index (χ1v) is 9.00. The molecule has 0 saturated carbocycles. The van der Waals surface area contributed by atoms with Gasteiger partial charge in [-0.15, -0.1) is 0 Å². The molecule has 1 aliphatic heterocycles. The molecule has 2 amide bonds. The average molecular weight is 406 g/mol. The Balaban J connectivity index is 1.60. The summed E-state index contributed by atoms with van der Waals surface area (Å²) in [6, 6.07) is 10.6. The molecule has 1 aromatic heterocycles. The Labute approximate surface area is 154 Å². The Morgan fingerprint density at radius 1 is 1.12 bits per heavy atom. The molecule has 1 saturated heterocycles. The standard InChI is InChI=1S/C17H20BrN5O2/c1-9(2)14-13(18)15(21-20-14)17(25)23-22-16(24)12-8-7-10-5-3-4-6-11(10)19-12/h3-9,13-15,20-21H,1-2H3,(H,22,24)(H,23,25). The van der Waals surface area contributed by atoms with Gasteiger partial charge in [-0.1, -0.05) is 54.0 Å². The minimum atomic E-state index is -0.489. The smallest absolute Gasteiger partial charge is 0.271 e. The summed E-state index contributed by atoms with van der Waals surface area (Å²) in [5, 5.41) is 0.950. The highest BCUT2D eigenvalue weighted by Gasteiger charge is 2.39. The Morgan fingerprint density at radius 3 is 2.60 bits per heavy atom. The molecule has 1 aromatic carbocycles. The van der Waals surface area contributed by atoms with E-state index in [2.05, 4.69) is 56.5 Å². The van der Waals surface area contributed by atoms with E-state index >= 15 is 0 Å². The minimum absolute atomic E-state index is 0.0804. The highest BCUT2D eigenvalue weighted by molar-refractivity contribution is 9.09. The zero-order valence-corrected chi connectivity index (χ0v) is 15.5. The van der Waals surface area contributed by atoms with Crippen molar-refractivity contribution in [3.8, 4) is 0 Å². The average Bonchev–Trinajstić information content (AvgIpc) is 3.00. The van der Waals surface area contributed by atoms with Crippen molar-refractivity contribution in [2.75, 3.05) is 0 Å². The molecular weight excluding hydrogens is 386 g/mol. The first kappa shape index (κ1) is 17.8. The number of halogens is 1. The number of carbonyl (C=O) groups is 2. The molecule has 1 fully saturated rings. The third-order valence-corrected chi connectivity index (χ3v) is 5.30. The fourth-order valence-corrected chi connectivity index (χ4v) is 3.86. The molecule has 132 valence electrons. The first-order valence-electron chi connectivity index (χ1n) is 8.08. The molecule has 0 spiro atoms. The summed E-state index contributed by atoms with van der Waals surface area (Å²) in [7, 11) is 0. The van der Waals surface area contributed by atoms with Crippen LogP contribution >= 0.6 is 15.9 Å². The number of hydrogen-bond donors (Lipinski definition) is 4. The van der Waals surface area contributed by atoms with E-state index in [0.29, 0.717) is 5.92 Å². The van der Waals surface area contributed by atoms with E-state index in [1.54, 1.807) is 6.07 Å². The predicted molar refractivity (Wildman–Crippen MR) is 98.8 cm³/mol. The summed E-state index contributed by atoms with van der Waals surface area (Å²) in [6.45, 7) is 4.14. The number of hydrogen-bond acceptors (Lipinski definition) is 5. The van der Waals surface area contributed by atoms with Gasteiger partial charge in [-0.3, -0.25) is 25.9 Å². The molecule has 2 heterocycles. The van der Waals surface area contributed by atoms with Gasteiger partial charge in [0.2, 0.25) is 0 Å². The number of aromatic nitrogens is 1. The quantitative estimate of drug-likeness (QED) is 0.455. The van der Waals surface area contributed by atoms with Gasteiger partial charge in [0.05, 0.1) is 10.3 Å². The number of rotatable bonds is 3. The Morgan fingerprint density at radius 2 is 1.88 bits per heavy atom. The zero-order valence-electron chi connectivity index (χ0n) is 13.9. The number of amides is 2. The summed E-state index contributed by atoms with van der Waals surface area (Å²) in [5.41, 5.74) is 11.9. The van der Waals surface area contributed by atoms with E-state index in [9.17, 15) is 9.59 Å². The third kappa shape index (κ3) is 3.81. The van der Waals surface area contributed by atoms with Crippen LogP contribution in [-0.4, -0.2) is 33.7 Å². The molecule has 7 nitrogen and oxygen atoms in total. The van der Waals surface area contributed by atoms with Gasteiger partial charge >= 0.3 is 0 Å². The molecule has 2 aromatic rings. The van der Waals surface area contributed by atoms with Crippen molar-refractivity contribution in [3.05, 3.63) is 42.1 Å². The number of nitrogens with zero attached hydrogens (tertiary/aromatic N) is 1. The Hall–Kier alpha value is -2.03. The highest BCUT2D eigenvalue weighted by Crippen LogP contribution is 2.21. The normalized spacial score (nSPS) is 23.0. The summed E-state index contributed by atoms with van der Waals surface area (Å²) >= 11 is 3.54. The summed E-state index contributed by atoms with van der Waals surface area (Å²) in [4.78, 5) is 28.7. The predicted octanol–water partition coefficient (Wildman–Crippen LogP) is 1.26. The molecule has 0 bridgehead atoms. The molecule has 0 radical (unpaired) electrons. The van der Waals surface area contributed by atoms with Gasteiger partial charge in [-0.05, 0) is 18.1 Å². The van der Waals surface area contributed by atoms with Crippen LogP contribution in [0.1, 0.15) is 24.3 Å². The number of benzene rings is 1. The van der Waals surface area contributed by atoms with E-state index in [1.165, 1.54) is 0 Å². The van der Waals surface area contributed by atoms with E-state index in [-0.39, 0.29) is 22.5 Å². The van der Waals surface area contributed by atoms with Crippen LogP contribution in [0.4, 0.5) is 0 Å². The van der Waals surface area contributed by atoms with Gasteiger partial charge in [-0.2, -0.15) is 0 Å². The maximum Gasteiger partial charge on any atom is 0.288 e. The molecular formula is C17H20BrN5O2. The van der Waals surface area contributed by atoms with E-state index in [0.717, 1.165) is 10.9 Å². The fraction of sp³-hybridized carbons (Fsp3) is 0.353. The lowest BCUT2D eigenvalue weighted by molar-refractivity contribution is -0.123. The summed E-state index contributed by atoms with van der Waals surface area (Å²) < 4.78 is 0. The van der Waals surface area contributed by atoms with Gasteiger partial charge in [0, 0.05) is 11.4 Å². The molecule has 0 aliphatic carbocycles. The molecule has 1 aliphatic rings. The molecule has 4 N–H and O–H groups in total. The van der Waals surface area contributed by atoms with Crippen molar-refractivity contribution in [2.24, 2.45) is 5.92 Å². The number of nitrogens with one attached hydrogen (secondary N) is 4. The van der Waals surface area contributed by atoms with Crippen LogP contribution in [0.5, 0.6) is 0 Å². The van der Waals surface area contributed by atoms with E-state index < -0.39 is 11.9 Å². The summed E-state index contributed by atoms with van der Waals surface area (Å²) in [6.07, 6.45) is 0. The van der Waals surface area contributed by atoms with Crippen molar-refractivity contribution in [2.45, 2.75) is 30.8 Å². The monoisotopic (exact) mass is 405 g/mol. The Bertz CT molecular complexity index is 797. The third-order valence-electron chi connectivity index (χ3n) is 4.20. The molecule has 3 unspecified atom stereocenters. The van der Waals surface area contributed by atoms with Crippen molar-refractivity contribution in [1.29, 1.82) is 0 Å². The number of carbonyl (C=O) groups excluding carboxylic acids is 2. The van der Waals surface area contributed by atoms with Gasteiger partial charge in [0.25, 0.3) is 11.8 Å². The second kappa shape index (κ2) is 7.47. The molecule has 3 atom stereocenters. The fourth-order valence-electron chi connectivity index (χ4n) is 2.75. The van der Waals surface area contributed by atoms with Crippen molar-refractivity contribution in [3.63, 3.8) is 0 Å². The molecule has 8 heteroatoms. The highest BCUT2D eigenvalue weighted by atomic mass is 79.9. The SMILES string of the molecule is CC(C)C1NNC(C(=O)NNC(=O)c2ccc3ccccc3n2)C1Br. The number of para-hydroxylation sites is 1. The van der Waals surface area contributed by atoms with E-state index in [4.69, 9.17) is 0 Å². The number of alkyl halides is 1. The molecule has 3 rings (SSSR count). The maximum atomic E-state index is 12.3. The zero-order chi connectivity index (χ0) is 18.0. The lowest BCUT2D eigenvalue weighted by Crippen LogP contribution is -2.52. The van der Waals surface area contributed by atoms with Crippen LogP contribution in [0, 0.1) is 5.92 Å². The Kier molecular flexibility index (Phi) is 5.31. The van der Waals surface area contributed by atoms with E-state index in [1.807, 2.05) is 30.3 Å². The van der Waals surface area contributed by atoms with Crippen LogP contribution in [0.3, 0.4) is 0 Å². The van der Waals surface area contributed by atoms with Gasteiger partial charge < -0.3 is 0 Å². The van der Waals surface area contributed by atoms with Crippen LogP contribution in [-0.2, 0) is 4.79 Å². The first-order chi connectivity index (χ1) is 12.0. The van der Waals surface area contributed by atoms with Gasteiger partial charge in [0.15, 0.2) is 0 Å². The van der Waals surface area contributed by atoms with Crippen molar-refractivity contribution < 1.29 is 9.59 Å². The lowest BCUT2D eigenvalue weighted by atomic mass is 9.99. The second-order valence-corrected chi connectivity index (χ2v) is 7.37. The molecule has 25 heavy (non-hydrogen) atoms. The van der Waals surface area contributed by atoms with Crippen LogP contribution in [0.2, 0.25) is 0 Å². The number of pyridine rings is 1. The maximum absolute atomic E-state index is 12.3.